The van der Waals surface area contributed by atoms with Crippen LogP contribution >= 0.6 is 0 Å². The van der Waals surface area contributed by atoms with Crippen LogP contribution in [-0.4, -0.2) is 17.2 Å². The molecule has 0 radical (unpaired) electrons. The molecule has 0 heterocycles. The number of ether oxygens (including phenoxy) is 1. The molecule has 3 aliphatic rings. The van der Waals surface area contributed by atoms with Gasteiger partial charge in [-0.2, -0.15) is 0 Å². The fourth-order valence-electron chi connectivity index (χ4n) is 3.31. The van der Waals surface area contributed by atoms with Crippen molar-refractivity contribution in [3.8, 4) is 0 Å². The molecule has 4 rings (SSSR count). The number of carboxylic acids is 1. The molecule has 3 nitrogen and oxygen atoms in total. The SMILES string of the molecule is O=C(O)C(OC1CC2CC(C2)C1)c1ccccc1. The van der Waals surface area contributed by atoms with Crippen molar-refractivity contribution in [2.24, 2.45) is 11.8 Å². The quantitative estimate of drug-likeness (QED) is 0.888. The zero-order valence-corrected chi connectivity index (χ0v) is 10.3. The molecule has 0 amide bonds. The van der Waals surface area contributed by atoms with E-state index in [9.17, 15) is 9.90 Å². The van der Waals surface area contributed by atoms with Gasteiger partial charge in [0.05, 0.1) is 6.10 Å². The van der Waals surface area contributed by atoms with Crippen molar-refractivity contribution in [3.63, 3.8) is 0 Å². The molecule has 0 spiro atoms. The Kier molecular flexibility index (Phi) is 3.08. The monoisotopic (exact) mass is 246 g/mol. The van der Waals surface area contributed by atoms with Crippen LogP contribution in [0.5, 0.6) is 0 Å². The average Bonchev–Trinajstić information content (AvgIpc) is 2.36. The molecule has 3 aliphatic carbocycles. The number of hydrogen-bond acceptors (Lipinski definition) is 2. The van der Waals surface area contributed by atoms with E-state index in [0.29, 0.717) is 0 Å². The van der Waals surface area contributed by atoms with E-state index >= 15 is 0 Å². The molecule has 3 heteroatoms. The van der Waals surface area contributed by atoms with Gasteiger partial charge >= 0.3 is 5.97 Å². The molecule has 1 unspecified atom stereocenters. The number of benzene rings is 1. The lowest BCUT2D eigenvalue weighted by Gasteiger charge is -2.45. The molecule has 0 saturated heterocycles. The number of aliphatic carboxylic acids is 1. The highest BCUT2D eigenvalue weighted by Crippen LogP contribution is 2.47. The van der Waals surface area contributed by atoms with Crippen molar-refractivity contribution in [2.45, 2.75) is 37.9 Å². The minimum Gasteiger partial charge on any atom is -0.479 e. The van der Waals surface area contributed by atoms with Crippen molar-refractivity contribution in [1.29, 1.82) is 0 Å². The van der Waals surface area contributed by atoms with E-state index in [1.807, 2.05) is 30.3 Å². The molecular formula is C15H18O3. The summed E-state index contributed by atoms with van der Waals surface area (Å²) < 4.78 is 5.84. The van der Waals surface area contributed by atoms with Crippen LogP contribution in [0, 0.1) is 11.8 Å². The topological polar surface area (TPSA) is 46.5 Å². The highest BCUT2D eigenvalue weighted by Gasteiger charge is 2.40. The lowest BCUT2D eigenvalue weighted by molar-refractivity contribution is -0.161. The molecule has 0 aromatic heterocycles. The van der Waals surface area contributed by atoms with Crippen molar-refractivity contribution in [3.05, 3.63) is 35.9 Å². The predicted octanol–water partition coefficient (Wildman–Crippen LogP) is 3.02. The summed E-state index contributed by atoms with van der Waals surface area (Å²) in [6.07, 6.45) is 4.03. The first-order chi connectivity index (χ1) is 8.72. The number of carboxylic acid groups (broad SMARTS) is 1. The lowest BCUT2D eigenvalue weighted by Crippen LogP contribution is -2.39. The molecule has 3 fully saturated rings. The van der Waals surface area contributed by atoms with Crippen molar-refractivity contribution >= 4 is 5.97 Å². The van der Waals surface area contributed by atoms with Crippen molar-refractivity contribution in [1.82, 2.24) is 0 Å². The molecule has 3 saturated carbocycles. The van der Waals surface area contributed by atoms with E-state index in [1.165, 1.54) is 12.8 Å². The van der Waals surface area contributed by atoms with E-state index in [1.54, 1.807) is 0 Å². The van der Waals surface area contributed by atoms with Gasteiger partial charge < -0.3 is 9.84 Å². The third-order valence-corrected chi connectivity index (χ3v) is 4.18. The minimum atomic E-state index is -0.888. The zero-order valence-electron chi connectivity index (χ0n) is 10.3. The highest BCUT2D eigenvalue weighted by molar-refractivity contribution is 5.74. The molecule has 1 aromatic carbocycles. The molecule has 18 heavy (non-hydrogen) atoms. The second-order valence-electron chi connectivity index (χ2n) is 5.56. The molecule has 1 N–H and O–H groups in total. The summed E-state index contributed by atoms with van der Waals surface area (Å²) in [6.45, 7) is 0. The Labute approximate surface area is 107 Å². The van der Waals surface area contributed by atoms with Crippen molar-refractivity contribution < 1.29 is 14.6 Å². The maximum Gasteiger partial charge on any atom is 0.337 e. The summed E-state index contributed by atoms with van der Waals surface area (Å²) in [5, 5.41) is 9.31. The Hall–Kier alpha value is -1.35. The predicted molar refractivity (Wildman–Crippen MR) is 67.1 cm³/mol. The summed E-state index contributed by atoms with van der Waals surface area (Å²) in [5.74, 6) is 0.665. The van der Waals surface area contributed by atoms with Gasteiger partial charge in [-0.1, -0.05) is 30.3 Å². The van der Waals surface area contributed by atoms with E-state index in [0.717, 1.165) is 30.2 Å². The molecule has 1 atom stereocenters. The third kappa shape index (κ3) is 2.27. The van der Waals surface area contributed by atoms with E-state index in [2.05, 4.69) is 0 Å². The maximum atomic E-state index is 11.3. The van der Waals surface area contributed by atoms with Crippen LogP contribution < -0.4 is 0 Å². The first-order valence-electron chi connectivity index (χ1n) is 6.65. The summed E-state index contributed by atoms with van der Waals surface area (Å²) in [4.78, 5) is 11.3. The standard InChI is InChI=1S/C15H18O3/c16-15(17)14(12-4-2-1-3-5-12)18-13-8-10-6-11(7-10)9-13/h1-5,10-11,13-14H,6-9H2,(H,16,17). The Morgan fingerprint density at radius 3 is 2.28 bits per heavy atom. The first-order valence-corrected chi connectivity index (χ1v) is 6.65. The van der Waals surface area contributed by atoms with Gasteiger partial charge in [-0.05, 0) is 43.1 Å². The van der Waals surface area contributed by atoms with E-state index in [-0.39, 0.29) is 6.10 Å². The van der Waals surface area contributed by atoms with Crippen LogP contribution in [0.2, 0.25) is 0 Å². The van der Waals surface area contributed by atoms with Gasteiger partial charge in [0.2, 0.25) is 0 Å². The second-order valence-corrected chi connectivity index (χ2v) is 5.56. The Balaban J connectivity index is 1.69. The number of carbonyl (C=O) groups is 1. The molecule has 1 aromatic rings. The first kappa shape index (κ1) is 11.7. The smallest absolute Gasteiger partial charge is 0.337 e. The van der Waals surface area contributed by atoms with E-state index < -0.39 is 12.1 Å². The fourth-order valence-corrected chi connectivity index (χ4v) is 3.31. The van der Waals surface area contributed by atoms with Crippen LogP contribution in [0.15, 0.2) is 30.3 Å². The largest absolute Gasteiger partial charge is 0.479 e. The minimum absolute atomic E-state index is 0.129. The second kappa shape index (κ2) is 4.73. The van der Waals surface area contributed by atoms with Crippen LogP contribution in [0.1, 0.15) is 37.4 Å². The Morgan fingerprint density at radius 1 is 1.11 bits per heavy atom. The highest BCUT2D eigenvalue weighted by atomic mass is 16.5. The number of hydrogen-bond donors (Lipinski definition) is 1. The van der Waals surface area contributed by atoms with Gasteiger partial charge in [-0.25, -0.2) is 4.79 Å². The van der Waals surface area contributed by atoms with Gasteiger partial charge in [0.1, 0.15) is 0 Å². The van der Waals surface area contributed by atoms with Crippen LogP contribution in [0.3, 0.4) is 0 Å². The Bertz CT molecular complexity index is 413. The van der Waals surface area contributed by atoms with Crippen LogP contribution in [0.25, 0.3) is 0 Å². The van der Waals surface area contributed by atoms with Crippen LogP contribution in [-0.2, 0) is 9.53 Å². The lowest BCUT2D eigenvalue weighted by atomic mass is 9.64. The van der Waals surface area contributed by atoms with E-state index in [4.69, 9.17) is 4.74 Å². The van der Waals surface area contributed by atoms with Gasteiger partial charge in [0.25, 0.3) is 0 Å². The normalized spacial score (nSPS) is 31.4. The fraction of sp³-hybridized carbons (Fsp3) is 0.533. The Morgan fingerprint density at radius 2 is 1.72 bits per heavy atom. The maximum absolute atomic E-state index is 11.3. The molecule has 2 bridgehead atoms. The van der Waals surface area contributed by atoms with Gasteiger partial charge in [-0.3, -0.25) is 0 Å². The number of fused-ring (bicyclic) bond motifs is 2. The molecule has 96 valence electrons. The zero-order chi connectivity index (χ0) is 12.5. The van der Waals surface area contributed by atoms with Crippen molar-refractivity contribution in [2.75, 3.05) is 0 Å². The summed E-state index contributed by atoms with van der Waals surface area (Å²) in [6, 6.07) is 9.24. The molecular weight excluding hydrogens is 228 g/mol. The summed E-state index contributed by atoms with van der Waals surface area (Å²) >= 11 is 0. The third-order valence-electron chi connectivity index (χ3n) is 4.18. The summed E-state index contributed by atoms with van der Waals surface area (Å²) in [7, 11) is 0. The number of rotatable bonds is 4. The van der Waals surface area contributed by atoms with Gasteiger partial charge in [0, 0.05) is 0 Å². The van der Waals surface area contributed by atoms with Gasteiger partial charge in [0.15, 0.2) is 6.10 Å². The average molecular weight is 246 g/mol. The van der Waals surface area contributed by atoms with Gasteiger partial charge in [-0.15, -0.1) is 0 Å². The summed E-state index contributed by atoms with van der Waals surface area (Å²) in [5.41, 5.74) is 0.740. The molecule has 0 aliphatic heterocycles. The van der Waals surface area contributed by atoms with Crippen LogP contribution in [0.4, 0.5) is 0 Å².